The maximum atomic E-state index is 12.1. The van der Waals surface area contributed by atoms with Gasteiger partial charge in [0.1, 0.15) is 0 Å². The molecule has 1 atom stereocenters. The molecule has 0 bridgehead atoms. The van der Waals surface area contributed by atoms with Gasteiger partial charge in [0.25, 0.3) is 0 Å². The lowest BCUT2D eigenvalue weighted by Crippen LogP contribution is -2.55. The van der Waals surface area contributed by atoms with Crippen molar-refractivity contribution in [3.8, 4) is 0 Å². The second-order valence-corrected chi connectivity index (χ2v) is 4.55. The van der Waals surface area contributed by atoms with Gasteiger partial charge < -0.3 is 15.3 Å². The zero-order valence-electron chi connectivity index (χ0n) is 9.11. The van der Waals surface area contributed by atoms with Crippen LogP contribution in [-0.2, 0) is 4.79 Å². The van der Waals surface area contributed by atoms with E-state index < -0.39 is 0 Å². The number of carbonyl (C=O) groups excluding carboxylic acids is 1. The summed E-state index contributed by atoms with van der Waals surface area (Å²) in [4.78, 5) is 14.1. The summed E-state index contributed by atoms with van der Waals surface area (Å²) in [5, 5.41) is 12.1. The minimum atomic E-state index is 0.192. The molecule has 0 saturated carbocycles. The number of hydrogen-bond donors (Lipinski definition) is 2. The molecule has 15 heavy (non-hydrogen) atoms. The van der Waals surface area contributed by atoms with Crippen molar-refractivity contribution in [3.05, 3.63) is 0 Å². The number of hydrogen-bond acceptors (Lipinski definition) is 3. The Kier molecular flexibility index (Phi) is 3.59. The van der Waals surface area contributed by atoms with Gasteiger partial charge in [0.2, 0.25) is 5.91 Å². The molecule has 2 aliphatic rings. The maximum Gasteiger partial charge on any atom is 0.228 e. The molecular weight excluding hydrogens is 192 g/mol. The number of piperidine rings is 1. The minimum absolute atomic E-state index is 0.192. The standard InChI is InChI=1S/C11H20N2O2/c14-6-4-10-3-1-2-5-13(10)11(15)9-7-12-8-9/h9-10,12,14H,1-8H2. The molecule has 86 valence electrons. The van der Waals surface area contributed by atoms with Gasteiger partial charge in [-0.2, -0.15) is 0 Å². The van der Waals surface area contributed by atoms with Crippen LogP contribution in [0.25, 0.3) is 0 Å². The summed E-state index contributed by atoms with van der Waals surface area (Å²) in [5.41, 5.74) is 0. The predicted octanol–water partition coefficient (Wildman–Crippen LogP) is -0.0307. The van der Waals surface area contributed by atoms with Gasteiger partial charge in [-0.05, 0) is 25.7 Å². The van der Waals surface area contributed by atoms with Crippen molar-refractivity contribution in [1.82, 2.24) is 10.2 Å². The number of aliphatic hydroxyl groups is 1. The summed E-state index contributed by atoms with van der Waals surface area (Å²) < 4.78 is 0. The van der Waals surface area contributed by atoms with Gasteiger partial charge >= 0.3 is 0 Å². The first-order chi connectivity index (χ1) is 7.33. The largest absolute Gasteiger partial charge is 0.396 e. The molecule has 0 aromatic heterocycles. The second-order valence-electron chi connectivity index (χ2n) is 4.55. The third kappa shape index (κ3) is 2.32. The number of likely N-dealkylation sites (tertiary alicyclic amines) is 1. The molecule has 2 heterocycles. The summed E-state index contributed by atoms with van der Waals surface area (Å²) in [6, 6.07) is 0.289. The highest BCUT2D eigenvalue weighted by Crippen LogP contribution is 2.22. The maximum absolute atomic E-state index is 12.1. The Hall–Kier alpha value is -0.610. The van der Waals surface area contributed by atoms with Gasteiger partial charge in [-0.25, -0.2) is 0 Å². The van der Waals surface area contributed by atoms with Crippen LogP contribution in [0.3, 0.4) is 0 Å². The monoisotopic (exact) mass is 212 g/mol. The molecule has 1 unspecified atom stereocenters. The molecule has 2 aliphatic heterocycles. The van der Waals surface area contributed by atoms with E-state index in [1.165, 1.54) is 6.42 Å². The van der Waals surface area contributed by atoms with Gasteiger partial charge in [-0.1, -0.05) is 0 Å². The number of amides is 1. The van der Waals surface area contributed by atoms with Crippen LogP contribution in [0.15, 0.2) is 0 Å². The van der Waals surface area contributed by atoms with Gasteiger partial charge in [0, 0.05) is 32.3 Å². The molecule has 0 radical (unpaired) electrons. The molecular formula is C11H20N2O2. The molecule has 0 aliphatic carbocycles. The lowest BCUT2D eigenvalue weighted by Gasteiger charge is -2.40. The molecule has 2 N–H and O–H groups in total. The van der Waals surface area contributed by atoms with E-state index in [1.54, 1.807) is 0 Å². The van der Waals surface area contributed by atoms with Crippen LogP contribution >= 0.6 is 0 Å². The highest BCUT2D eigenvalue weighted by Gasteiger charge is 2.33. The van der Waals surface area contributed by atoms with E-state index in [4.69, 9.17) is 5.11 Å². The molecule has 0 aromatic rings. The van der Waals surface area contributed by atoms with Gasteiger partial charge in [-0.15, -0.1) is 0 Å². The normalized spacial score (nSPS) is 27.5. The number of aliphatic hydroxyl groups excluding tert-OH is 1. The Morgan fingerprint density at radius 2 is 2.20 bits per heavy atom. The number of rotatable bonds is 3. The van der Waals surface area contributed by atoms with Crippen LogP contribution in [0.1, 0.15) is 25.7 Å². The predicted molar refractivity (Wildman–Crippen MR) is 57.4 cm³/mol. The minimum Gasteiger partial charge on any atom is -0.396 e. The lowest BCUT2D eigenvalue weighted by molar-refractivity contribution is -0.141. The van der Waals surface area contributed by atoms with Crippen LogP contribution in [0.5, 0.6) is 0 Å². The zero-order chi connectivity index (χ0) is 10.7. The van der Waals surface area contributed by atoms with Gasteiger partial charge in [0.15, 0.2) is 0 Å². The first-order valence-corrected chi connectivity index (χ1v) is 5.95. The lowest BCUT2D eigenvalue weighted by atomic mass is 9.95. The SMILES string of the molecule is O=C(C1CNC1)N1CCCCC1CCO. The number of nitrogens with one attached hydrogen (secondary N) is 1. The summed E-state index contributed by atoms with van der Waals surface area (Å²) >= 11 is 0. The third-order valence-electron chi connectivity index (χ3n) is 3.50. The summed E-state index contributed by atoms with van der Waals surface area (Å²) in [5.74, 6) is 0.496. The smallest absolute Gasteiger partial charge is 0.228 e. The van der Waals surface area contributed by atoms with E-state index in [9.17, 15) is 4.79 Å². The van der Waals surface area contributed by atoms with Crippen LogP contribution in [0.2, 0.25) is 0 Å². The third-order valence-corrected chi connectivity index (χ3v) is 3.50. The Bertz CT molecular complexity index is 227. The van der Waals surface area contributed by atoms with Crippen molar-refractivity contribution < 1.29 is 9.90 Å². The van der Waals surface area contributed by atoms with Crippen LogP contribution < -0.4 is 5.32 Å². The average molecular weight is 212 g/mol. The first-order valence-electron chi connectivity index (χ1n) is 5.95. The van der Waals surface area contributed by atoms with Crippen LogP contribution in [0.4, 0.5) is 0 Å². The topological polar surface area (TPSA) is 52.6 Å². The molecule has 2 saturated heterocycles. The van der Waals surface area contributed by atoms with Crippen molar-refractivity contribution in [2.75, 3.05) is 26.2 Å². The fourth-order valence-corrected chi connectivity index (χ4v) is 2.44. The number of nitrogens with zero attached hydrogens (tertiary/aromatic N) is 1. The molecule has 2 rings (SSSR count). The molecule has 2 fully saturated rings. The Morgan fingerprint density at radius 3 is 2.80 bits per heavy atom. The Balaban J connectivity index is 1.93. The van der Waals surface area contributed by atoms with Crippen molar-refractivity contribution >= 4 is 5.91 Å². The molecule has 0 spiro atoms. The van der Waals surface area contributed by atoms with Crippen LogP contribution in [0, 0.1) is 5.92 Å². The van der Waals surface area contributed by atoms with E-state index in [1.807, 2.05) is 4.90 Å². The van der Waals surface area contributed by atoms with Gasteiger partial charge in [0.05, 0.1) is 5.92 Å². The number of carbonyl (C=O) groups is 1. The van der Waals surface area contributed by atoms with Gasteiger partial charge in [-0.3, -0.25) is 4.79 Å². The Labute approximate surface area is 90.6 Å². The van der Waals surface area contributed by atoms with Crippen molar-refractivity contribution in [1.29, 1.82) is 0 Å². The van der Waals surface area contributed by atoms with E-state index in [0.717, 1.165) is 38.9 Å². The summed E-state index contributed by atoms with van der Waals surface area (Å²) in [6.07, 6.45) is 4.11. The first kappa shape index (κ1) is 10.9. The second kappa shape index (κ2) is 4.94. The van der Waals surface area contributed by atoms with E-state index >= 15 is 0 Å². The van der Waals surface area contributed by atoms with Crippen molar-refractivity contribution in [2.45, 2.75) is 31.7 Å². The zero-order valence-corrected chi connectivity index (χ0v) is 9.11. The van der Waals surface area contributed by atoms with E-state index in [2.05, 4.69) is 5.32 Å². The van der Waals surface area contributed by atoms with E-state index in [-0.39, 0.29) is 18.6 Å². The molecule has 0 aromatic carbocycles. The van der Waals surface area contributed by atoms with Crippen molar-refractivity contribution in [2.24, 2.45) is 5.92 Å². The Morgan fingerprint density at radius 1 is 1.40 bits per heavy atom. The highest BCUT2D eigenvalue weighted by atomic mass is 16.3. The van der Waals surface area contributed by atoms with Crippen molar-refractivity contribution in [3.63, 3.8) is 0 Å². The molecule has 4 nitrogen and oxygen atoms in total. The van der Waals surface area contributed by atoms with Crippen LogP contribution in [-0.4, -0.2) is 48.2 Å². The quantitative estimate of drug-likeness (QED) is 0.690. The average Bonchev–Trinajstić information content (AvgIpc) is 2.16. The summed E-state index contributed by atoms with van der Waals surface area (Å²) in [7, 11) is 0. The molecule has 4 heteroatoms. The fraction of sp³-hybridized carbons (Fsp3) is 0.909. The van der Waals surface area contributed by atoms with E-state index in [0.29, 0.717) is 5.91 Å². The summed E-state index contributed by atoms with van der Waals surface area (Å²) in [6.45, 7) is 2.75. The molecule has 1 amide bonds. The fourth-order valence-electron chi connectivity index (χ4n) is 2.44. The highest BCUT2D eigenvalue weighted by molar-refractivity contribution is 5.80.